The van der Waals surface area contributed by atoms with Crippen LogP contribution in [0.5, 0.6) is 0 Å². The summed E-state index contributed by atoms with van der Waals surface area (Å²) in [7, 11) is -3.76. The zero-order chi connectivity index (χ0) is 22.9. The number of amides is 2. The molecule has 170 valence electrons. The Morgan fingerprint density at radius 2 is 1.88 bits per heavy atom. The number of hydrogen-bond acceptors (Lipinski definition) is 4. The second kappa shape index (κ2) is 9.53. The molecule has 0 spiro atoms. The first kappa shape index (κ1) is 23.3. The molecule has 2 aromatic rings. The van der Waals surface area contributed by atoms with E-state index in [9.17, 15) is 18.0 Å². The molecule has 4 rings (SSSR count). The van der Waals surface area contributed by atoms with Crippen LogP contribution in [0.15, 0.2) is 45.8 Å². The van der Waals surface area contributed by atoms with Crippen molar-refractivity contribution in [3.05, 3.63) is 57.0 Å². The van der Waals surface area contributed by atoms with Crippen LogP contribution in [0, 0.1) is 5.92 Å². The van der Waals surface area contributed by atoms with Crippen molar-refractivity contribution in [3.63, 3.8) is 0 Å². The van der Waals surface area contributed by atoms with Crippen LogP contribution >= 0.6 is 27.5 Å². The lowest BCUT2D eigenvalue weighted by molar-refractivity contribution is -0.121. The van der Waals surface area contributed by atoms with Crippen molar-refractivity contribution in [1.29, 1.82) is 0 Å². The summed E-state index contributed by atoms with van der Waals surface area (Å²) in [4.78, 5) is 26.7. The quantitative estimate of drug-likeness (QED) is 0.551. The molecule has 2 amide bonds. The lowest BCUT2D eigenvalue weighted by Gasteiger charge is -2.20. The molecule has 32 heavy (non-hydrogen) atoms. The van der Waals surface area contributed by atoms with E-state index in [0.717, 1.165) is 24.0 Å². The number of hydrogen-bond donors (Lipinski definition) is 1. The van der Waals surface area contributed by atoms with Gasteiger partial charge in [-0.25, -0.2) is 8.42 Å². The molecule has 0 unspecified atom stereocenters. The van der Waals surface area contributed by atoms with Crippen LogP contribution < -0.4 is 10.2 Å². The van der Waals surface area contributed by atoms with Gasteiger partial charge in [-0.1, -0.05) is 39.7 Å². The van der Waals surface area contributed by atoms with Gasteiger partial charge in [0.15, 0.2) is 9.84 Å². The Morgan fingerprint density at radius 1 is 1.16 bits per heavy atom. The number of nitrogens with one attached hydrogen (secondary N) is 1. The summed E-state index contributed by atoms with van der Waals surface area (Å²) in [5.74, 6) is -0.622. The van der Waals surface area contributed by atoms with Crippen molar-refractivity contribution in [2.45, 2.75) is 37.0 Å². The van der Waals surface area contributed by atoms with Gasteiger partial charge in [-0.3, -0.25) is 9.59 Å². The van der Waals surface area contributed by atoms with Crippen molar-refractivity contribution in [3.8, 4) is 0 Å². The Hall–Kier alpha value is -1.90. The Morgan fingerprint density at radius 3 is 2.56 bits per heavy atom. The third kappa shape index (κ3) is 5.35. The molecule has 0 bridgehead atoms. The van der Waals surface area contributed by atoms with Crippen LogP contribution in [0.3, 0.4) is 0 Å². The zero-order valence-corrected chi connectivity index (χ0v) is 20.6. The summed E-state index contributed by atoms with van der Waals surface area (Å²) >= 11 is 9.26. The van der Waals surface area contributed by atoms with Crippen LogP contribution in [0.25, 0.3) is 0 Å². The van der Waals surface area contributed by atoms with Gasteiger partial charge in [0.25, 0.3) is 0 Å². The van der Waals surface area contributed by atoms with E-state index < -0.39 is 9.84 Å². The third-order valence-electron chi connectivity index (χ3n) is 5.77. The summed E-state index contributed by atoms with van der Waals surface area (Å²) in [5.41, 5.74) is 2.38. The normalized spacial score (nSPS) is 15.5. The standard InChI is InChI=1S/C23H24BrClN2O4S/c24-18-13-17-8-11-27(23(29)16-3-4-16)22(17)20(14-18)32(30,31)12-9-21(28)26-10-7-15-1-5-19(25)6-2-15/h1-2,5-6,13-14,16H,3-4,7-12H2,(H,26,28). The second-order valence-corrected chi connectivity index (χ2v) is 11.7. The van der Waals surface area contributed by atoms with Gasteiger partial charge in [0.1, 0.15) is 0 Å². The monoisotopic (exact) mass is 538 g/mol. The summed E-state index contributed by atoms with van der Waals surface area (Å²) in [6.45, 7) is 0.908. The Balaban J connectivity index is 1.40. The average molecular weight is 540 g/mol. The second-order valence-electron chi connectivity index (χ2n) is 8.22. The van der Waals surface area contributed by atoms with E-state index in [0.29, 0.717) is 41.1 Å². The van der Waals surface area contributed by atoms with Crippen molar-refractivity contribution in [1.82, 2.24) is 5.32 Å². The molecule has 2 aliphatic rings. The van der Waals surface area contributed by atoms with Crippen molar-refractivity contribution < 1.29 is 18.0 Å². The Labute approximate surface area is 201 Å². The molecule has 6 nitrogen and oxygen atoms in total. The molecular formula is C23H24BrClN2O4S. The van der Waals surface area contributed by atoms with Gasteiger partial charge < -0.3 is 10.2 Å². The average Bonchev–Trinajstić information content (AvgIpc) is 3.52. The van der Waals surface area contributed by atoms with Gasteiger partial charge in [-0.05, 0) is 61.1 Å². The molecule has 1 heterocycles. The van der Waals surface area contributed by atoms with Gasteiger partial charge in [0.2, 0.25) is 11.8 Å². The molecule has 1 fully saturated rings. The third-order valence-corrected chi connectivity index (χ3v) is 8.20. The van der Waals surface area contributed by atoms with E-state index >= 15 is 0 Å². The predicted molar refractivity (Wildman–Crippen MR) is 128 cm³/mol. The van der Waals surface area contributed by atoms with E-state index in [-0.39, 0.29) is 34.8 Å². The summed E-state index contributed by atoms with van der Waals surface area (Å²) in [6, 6.07) is 10.8. The highest BCUT2D eigenvalue weighted by Crippen LogP contribution is 2.41. The van der Waals surface area contributed by atoms with Crippen LogP contribution in [-0.2, 0) is 32.3 Å². The van der Waals surface area contributed by atoms with E-state index in [1.807, 2.05) is 18.2 Å². The van der Waals surface area contributed by atoms with Crippen molar-refractivity contribution in [2.75, 3.05) is 23.7 Å². The van der Waals surface area contributed by atoms with E-state index in [1.165, 1.54) is 0 Å². The number of carbonyl (C=O) groups excluding carboxylic acids is 2. The molecule has 0 saturated heterocycles. The molecule has 1 aliphatic heterocycles. The fourth-order valence-electron chi connectivity index (χ4n) is 3.90. The number of halogens is 2. The molecule has 1 aliphatic carbocycles. The van der Waals surface area contributed by atoms with Gasteiger partial charge in [0, 0.05) is 34.9 Å². The topological polar surface area (TPSA) is 83.6 Å². The number of rotatable bonds is 8. The molecule has 9 heteroatoms. The van der Waals surface area contributed by atoms with E-state index in [4.69, 9.17) is 11.6 Å². The summed E-state index contributed by atoms with van der Waals surface area (Å²) < 4.78 is 27.0. The molecule has 0 atom stereocenters. The van der Waals surface area contributed by atoms with Gasteiger partial charge in [0.05, 0.1) is 16.3 Å². The highest BCUT2D eigenvalue weighted by molar-refractivity contribution is 9.10. The molecule has 0 radical (unpaired) electrons. The minimum absolute atomic E-state index is 0.00228. The van der Waals surface area contributed by atoms with E-state index in [2.05, 4.69) is 21.2 Å². The smallest absolute Gasteiger partial charge is 0.230 e. The zero-order valence-electron chi connectivity index (χ0n) is 17.4. The maximum Gasteiger partial charge on any atom is 0.230 e. The number of benzene rings is 2. The van der Waals surface area contributed by atoms with E-state index in [1.54, 1.807) is 23.1 Å². The largest absolute Gasteiger partial charge is 0.356 e. The number of fused-ring (bicyclic) bond motifs is 1. The summed E-state index contributed by atoms with van der Waals surface area (Å²) in [5, 5.41) is 3.43. The van der Waals surface area contributed by atoms with Crippen LogP contribution in [-0.4, -0.2) is 39.1 Å². The summed E-state index contributed by atoms with van der Waals surface area (Å²) in [6.07, 6.45) is 2.84. The Bertz CT molecular complexity index is 1150. The van der Waals surface area contributed by atoms with Crippen LogP contribution in [0.1, 0.15) is 30.4 Å². The molecule has 1 saturated carbocycles. The van der Waals surface area contributed by atoms with Crippen molar-refractivity contribution >= 4 is 54.9 Å². The number of sulfone groups is 1. The maximum absolute atomic E-state index is 13.2. The maximum atomic E-state index is 13.2. The fourth-order valence-corrected chi connectivity index (χ4v) is 6.20. The SMILES string of the molecule is O=C(CCS(=O)(=O)c1cc(Br)cc2c1N(C(=O)C1CC1)CC2)NCCc1ccc(Cl)cc1. The number of nitrogens with zero attached hydrogens (tertiary/aromatic N) is 1. The first-order valence-electron chi connectivity index (χ1n) is 10.6. The lowest BCUT2D eigenvalue weighted by Crippen LogP contribution is -2.32. The molecular weight excluding hydrogens is 516 g/mol. The first-order chi connectivity index (χ1) is 15.2. The number of anilines is 1. The molecule has 1 N–H and O–H groups in total. The fraction of sp³-hybridized carbons (Fsp3) is 0.391. The molecule has 0 aromatic heterocycles. The minimum atomic E-state index is -3.76. The molecule has 2 aromatic carbocycles. The minimum Gasteiger partial charge on any atom is -0.356 e. The van der Waals surface area contributed by atoms with Gasteiger partial charge >= 0.3 is 0 Å². The highest BCUT2D eigenvalue weighted by atomic mass is 79.9. The van der Waals surface area contributed by atoms with Gasteiger partial charge in [-0.2, -0.15) is 0 Å². The predicted octanol–water partition coefficient (Wildman–Crippen LogP) is 3.92. The number of carbonyl (C=O) groups is 2. The van der Waals surface area contributed by atoms with Crippen molar-refractivity contribution in [2.24, 2.45) is 5.92 Å². The first-order valence-corrected chi connectivity index (χ1v) is 13.4. The lowest BCUT2D eigenvalue weighted by atomic mass is 10.1. The Kier molecular flexibility index (Phi) is 6.93. The van der Waals surface area contributed by atoms with Crippen LogP contribution in [0.2, 0.25) is 5.02 Å². The van der Waals surface area contributed by atoms with Crippen LogP contribution in [0.4, 0.5) is 5.69 Å². The highest BCUT2D eigenvalue weighted by Gasteiger charge is 2.39. The van der Waals surface area contributed by atoms with Gasteiger partial charge in [-0.15, -0.1) is 0 Å².